The van der Waals surface area contributed by atoms with Crippen LogP contribution < -0.4 is 5.32 Å². The Hall–Kier alpha value is -2.85. The van der Waals surface area contributed by atoms with E-state index in [1.54, 1.807) is 6.92 Å². The Bertz CT molecular complexity index is 1010. The quantitative estimate of drug-likeness (QED) is 0.689. The fourth-order valence-electron chi connectivity index (χ4n) is 4.62. The minimum Gasteiger partial charge on any atom is -0.362 e. The van der Waals surface area contributed by atoms with Crippen LogP contribution in [-0.2, 0) is 16.4 Å². The molecule has 2 atom stereocenters. The molecule has 1 amide bonds. The van der Waals surface area contributed by atoms with Gasteiger partial charge in [-0.1, -0.05) is 25.1 Å². The van der Waals surface area contributed by atoms with Crippen LogP contribution in [0.4, 0.5) is 26.3 Å². The molecular formula is C20H18F6N4O. The molecule has 0 aromatic heterocycles. The van der Waals surface area contributed by atoms with Crippen molar-refractivity contribution in [3.05, 3.63) is 58.4 Å². The van der Waals surface area contributed by atoms with E-state index in [0.717, 1.165) is 12.1 Å². The SMILES string of the molecule is CC[C@]1(c2cccc(C(F)(F)F)c2)C2=CN=NC2NC2=C1C(=O)N(CC(F)(F)F)CC2. The zero-order chi connectivity index (χ0) is 22.6. The van der Waals surface area contributed by atoms with E-state index in [1.807, 2.05) is 0 Å². The summed E-state index contributed by atoms with van der Waals surface area (Å²) < 4.78 is 79.4. The number of carbonyl (C=O) groups is 1. The molecule has 3 aliphatic rings. The molecule has 1 unspecified atom stereocenters. The van der Waals surface area contributed by atoms with Gasteiger partial charge < -0.3 is 10.2 Å². The van der Waals surface area contributed by atoms with Crippen LogP contribution in [-0.4, -0.2) is 36.2 Å². The number of hydrogen-bond donors (Lipinski definition) is 1. The fourth-order valence-corrected chi connectivity index (χ4v) is 4.62. The van der Waals surface area contributed by atoms with Crippen LogP contribution in [0.25, 0.3) is 0 Å². The molecule has 0 aliphatic carbocycles. The first kappa shape index (κ1) is 21.4. The number of fused-ring (bicyclic) bond motifs is 1. The van der Waals surface area contributed by atoms with Crippen molar-refractivity contribution >= 4 is 5.91 Å². The number of amides is 1. The van der Waals surface area contributed by atoms with E-state index in [0.29, 0.717) is 16.2 Å². The van der Waals surface area contributed by atoms with Crippen LogP contribution in [0.1, 0.15) is 30.9 Å². The second-order valence-electron chi connectivity index (χ2n) is 7.65. The molecule has 1 aromatic carbocycles. The minimum absolute atomic E-state index is 0.0274. The average Bonchev–Trinajstić information content (AvgIpc) is 3.16. The molecule has 166 valence electrons. The second-order valence-corrected chi connectivity index (χ2v) is 7.65. The molecule has 3 heterocycles. The van der Waals surface area contributed by atoms with E-state index >= 15 is 0 Å². The van der Waals surface area contributed by atoms with Crippen LogP contribution >= 0.6 is 0 Å². The Morgan fingerprint density at radius 1 is 1.23 bits per heavy atom. The monoisotopic (exact) mass is 444 g/mol. The van der Waals surface area contributed by atoms with E-state index in [9.17, 15) is 31.1 Å². The maximum atomic E-state index is 13.4. The Kier molecular flexibility index (Phi) is 4.90. The van der Waals surface area contributed by atoms with Gasteiger partial charge in [0, 0.05) is 24.2 Å². The van der Waals surface area contributed by atoms with Gasteiger partial charge in [-0.3, -0.25) is 4.79 Å². The molecule has 0 spiro atoms. The largest absolute Gasteiger partial charge is 0.416 e. The molecule has 0 saturated heterocycles. The van der Waals surface area contributed by atoms with Crippen LogP contribution in [0, 0.1) is 0 Å². The van der Waals surface area contributed by atoms with Crippen molar-refractivity contribution in [1.82, 2.24) is 10.2 Å². The van der Waals surface area contributed by atoms with Crippen molar-refractivity contribution in [3.8, 4) is 0 Å². The maximum Gasteiger partial charge on any atom is 0.416 e. The third kappa shape index (κ3) is 3.49. The smallest absolute Gasteiger partial charge is 0.362 e. The van der Waals surface area contributed by atoms with Crippen LogP contribution in [0.15, 0.2) is 57.5 Å². The Labute approximate surface area is 173 Å². The van der Waals surface area contributed by atoms with Gasteiger partial charge in [-0.2, -0.15) is 36.6 Å². The van der Waals surface area contributed by atoms with Crippen molar-refractivity contribution in [3.63, 3.8) is 0 Å². The highest BCUT2D eigenvalue weighted by atomic mass is 19.4. The molecule has 31 heavy (non-hydrogen) atoms. The summed E-state index contributed by atoms with van der Waals surface area (Å²) >= 11 is 0. The zero-order valence-corrected chi connectivity index (χ0v) is 16.3. The first-order chi connectivity index (χ1) is 14.5. The van der Waals surface area contributed by atoms with Crippen molar-refractivity contribution in [2.75, 3.05) is 13.1 Å². The molecule has 11 heteroatoms. The third-order valence-electron chi connectivity index (χ3n) is 5.92. The van der Waals surface area contributed by atoms with Crippen molar-refractivity contribution in [2.24, 2.45) is 10.2 Å². The Morgan fingerprint density at radius 2 is 1.97 bits per heavy atom. The Balaban J connectivity index is 1.91. The van der Waals surface area contributed by atoms with Gasteiger partial charge in [0.1, 0.15) is 6.54 Å². The molecule has 3 aliphatic heterocycles. The molecule has 0 fully saturated rings. The minimum atomic E-state index is -4.62. The van der Waals surface area contributed by atoms with Gasteiger partial charge in [0.05, 0.1) is 22.8 Å². The number of nitrogens with zero attached hydrogens (tertiary/aromatic N) is 3. The molecule has 0 bridgehead atoms. The van der Waals surface area contributed by atoms with Crippen LogP contribution in [0.5, 0.6) is 0 Å². The highest BCUT2D eigenvalue weighted by molar-refractivity contribution is 5.99. The van der Waals surface area contributed by atoms with Gasteiger partial charge >= 0.3 is 12.4 Å². The van der Waals surface area contributed by atoms with E-state index in [4.69, 9.17) is 0 Å². The van der Waals surface area contributed by atoms with Gasteiger partial charge in [-0.25, -0.2) is 0 Å². The average molecular weight is 444 g/mol. The van der Waals surface area contributed by atoms with E-state index in [1.165, 1.54) is 18.3 Å². The molecule has 0 saturated carbocycles. The summed E-state index contributed by atoms with van der Waals surface area (Å²) in [7, 11) is 0. The number of alkyl halides is 6. The summed E-state index contributed by atoms with van der Waals surface area (Å²) in [6.45, 7) is 0.0973. The zero-order valence-electron chi connectivity index (χ0n) is 16.3. The summed E-state index contributed by atoms with van der Waals surface area (Å²) in [6.07, 6.45) is -8.27. The van der Waals surface area contributed by atoms with Crippen LogP contribution in [0.3, 0.4) is 0 Å². The van der Waals surface area contributed by atoms with E-state index in [-0.39, 0.29) is 30.5 Å². The topological polar surface area (TPSA) is 57.1 Å². The summed E-state index contributed by atoms with van der Waals surface area (Å²) in [4.78, 5) is 14.0. The predicted molar refractivity (Wildman–Crippen MR) is 97.6 cm³/mol. The number of rotatable bonds is 3. The van der Waals surface area contributed by atoms with Gasteiger partial charge in [-0.15, -0.1) is 0 Å². The molecule has 4 rings (SSSR count). The summed E-state index contributed by atoms with van der Waals surface area (Å²) in [5.74, 6) is -0.850. The number of benzene rings is 1. The lowest BCUT2D eigenvalue weighted by Crippen LogP contribution is -2.55. The van der Waals surface area contributed by atoms with Gasteiger partial charge in [-0.05, 0) is 18.1 Å². The van der Waals surface area contributed by atoms with E-state index < -0.39 is 41.9 Å². The van der Waals surface area contributed by atoms with Gasteiger partial charge in [0.2, 0.25) is 0 Å². The standard InChI is InChI=1S/C20H18F6N4O/c1-2-18(11-4-3-5-12(8-11)20(24,25)26)13-9-27-29-16(13)28-14-6-7-30(10-19(21,22)23)17(31)15(14)18/h3-5,8-9,16,28H,2,6-7,10H2,1H3/t16?,18-/m0/s1. The summed E-state index contributed by atoms with van der Waals surface area (Å²) in [6, 6.07) is 4.56. The molecule has 0 radical (unpaired) electrons. The number of hydrogen-bond acceptors (Lipinski definition) is 4. The number of nitrogens with one attached hydrogen (secondary N) is 1. The van der Waals surface area contributed by atoms with Crippen molar-refractivity contribution < 1.29 is 31.1 Å². The molecule has 5 nitrogen and oxygen atoms in total. The highest BCUT2D eigenvalue weighted by Gasteiger charge is 2.53. The summed E-state index contributed by atoms with van der Waals surface area (Å²) in [5.41, 5.74) is -1.25. The Morgan fingerprint density at radius 3 is 2.61 bits per heavy atom. The number of carbonyl (C=O) groups excluding carboxylic acids is 1. The number of azo groups is 1. The first-order valence-electron chi connectivity index (χ1n) is 9.62. The lowest BCUT2D eigenvalue weighted by atomic mass is 9.62. The van der Waals surface area contributed by atoms with E-state index in [2.05, 4.69) is 15.5 Å². The normalized spacial score (nSPS) is 25.9. The molecule has 1 N–H and O–H groups in total. The second kappa shape index (κ2) is 7.10. The number of halogens is 6. The van der Waals surface area contributed by atoms with Crippen LogP contribution in [0.2, 0.25) is 0 Å². The lowest BCUT2D eigenvalue weighted by molar-refractivity contribution is -0.160. The first-order valence-corrected chi connectivity index (χ1v) is 9.62. The maximum absolute atomic E-state index is 13.4. The highest BCUT2D eigenvalue weighted by Crippen LogP contribution is 2.51. The fraction of sp³-hybridized carbons (Fsp3) is 0.450. The van der Waals surface area contributed by atoms with Gasteiger partial charge in [0.15, 0.2) is 6.17 Å². The van der Waals surface area contributed by atoms with Gasteiger partial charge in [0.25, 0.3) is 5.91 Å². The lowest BCUT2D eigenvalue weighted by Gasteiger charge is -2.47. The predicted octanol–water partition coefficient (Wildman–Crippen LogP) is 4.68. The van der Waals surface area contributed by atoms with Crippen molar-refractivity contribution in [2.45, 2.75) is 43.7 Å². The van der Waals surface area contributed by atoms with Crippen molar-refractivity contribution in [1.29, 1.82) is 0 Å². The molecular weight excluding hydrogens is 426 g/mol. The molecule has 1 aromatic rings. The third-order valence-corrected chi connectivity index (χ3v) is 5.92. The summed E-state index contributed by atoms with van der Waals surface area (Å²) in [5, 5.41) is 11.0.